The largest absolute Gasteiger partial charge is 0.457 e. The van der Waals surface area contributed by atoms with Crippen molar-refractivity contribution in [2.75, 3.05) is 5.32 Å². The monoisotopic (exact) mass is 344 g/mol. The second-order valence-corrected chi connectivity index (χ2v) is 5.73. The standard InChI is InChI=1S/C20H16N4O2/c25-20(14-24-19-12-5-4-11-18(19)22-23-24)21-15-7-6-10-17(13-15)26-16-8-2-1-3-9-16/h1-13H,14H2,(H,21,25). The van der Waals surface area contributed by atoms with E-state index in [2.05, 4.69) is 15.6 Å². The van der Waals surface area contributed by atoms with Crippen LogP contribution >= 0.6 is 0 Å². The Labute approximate surface area is 150 Å². The van der Waals surface area contributed by atoms with Gasteiger partial charge in [-0.15, -0.1) is 5.10 Å². The van der Waals surface area contributed by atoms with E-state index in [1.54, 1.807) is 10.7 Å². The van der Waals surface area contributed by atoms with E-state index in [1.807, 2.05) is 72.8 Å². The van der Waals surface area contributed by atoms with E-state index in [-0.39, 0.29) is 12.5 Å². The molecule has 0 atom stereocenters. The second kappa shape index (κ2) is 7.06. The normalized spacial score (nSPS) is 10.6. The summed E-state index contributed by atoms with van der Waals surface area (Å²) in [5.41, 5.74) is 2.25. The quantitative estimate of drug-likeness (QED) is 0.597. The number of rotatable bonds is 5. The van der Waals surface area contributed by atoms with Crippen molar-refractivity contribution in [3.05, 3.63) is 78.9 Å². The van der Waals surface area contributed by atoms with Gasteiger partial charge in [0, 0.05) is 11.8 Å². The van der Waals surface area contributed by atoms with Crippen molar-refractivity contribution < 1.29 is 9.53 Å². The Bertz CT molecular complexity index is 1040. The van der Waals surface area contributed by atoms with Crippen molar-refractivity contribution in [3.8, 4) is 11.5 Å². The zero-order valence-electron chi connectivity index (χ0n) is 13.9. The van der Waals surface area contributed by atoms with Crippen molar-refractivity contribution in [2.24, 2.45) is 0 Å². The highest BCUT2D eigenvalue weighted by Crippen LogP contribution is 2.23. The lowest BCUT2D eigenvalue weighted by Gasteiger charge is -2.09. The summed E-state index contributed by atoms with van der Waals surface area (Å²) in [4.78, 5) is 12.4. The number of nitrogens with one attached hydrogen (secondary N) is 1. The fourth-order valence-electron chi connectivity index (χ4n) is 2.63. The summed E-state index contributed by atoms with van der Waals surface area (Å²) in [6.45, 7) is 0.0876. The van der Waals surface area contributed by atoms with Crippen LogP contribution in [0.3, 0.4) is 0 Å². The van der Waals surface area contributed by atoms with Crippen LogP contribution < -0.4 is 10.1 Å². The van der Waals surface area contributed by atoms with Crippen molar-refractivity contribution in [3.63, 3.8) is 0 Å². The molecule has 6 heteroatoms. The summed E-state index contributed by atoms with van der Waals surface area (Å²) in [7, 11) is 0. The maximum atomic E-state index is 12.4. The van der Waals surface area contributed by atoms with E-state index in [0.717, 1.165) is 16.8 Å². The Balaban J connectivity index is 1.45. The molecule has 1 N–H and O–H groups in total. The van der Waals surface area contributed by atoms with Crippen molar-refractivity contribution in [1.29, 1.82) is 0 Å². The minimum Gasteiger partial charge on any atom is -0.457 e. The molecule has 3 aromatic carbocycles. The highest BCUT2D eigenvalue weighted by molar-refractivity contribution is 5.91. The number of anilines is 1. The number of benzene rings is 3. The first-order chi connectivity index (χ1) is 12.8. The summed E-state index contributed by atoms with van der Waals surface area (Å²) in [6.07, 6.45) is 0. The molecule has 0 saturated carbocycles. The molecule has 0 fully saturated rings. The Morgan fingerprint density at radius 2 is 1.69 bits per heavy atom. The lowest BCUT2D eigenvalue weighted by molar-refractivity contribution is -0.116. The molecular weight excluding hydrogens is 328 g/mol. The number of hydrogen-bond acceptors (Lipinski definition) is 4. The Kier molecular flexibility index (Phi) is 4.30. The molecule has 26 heavy (non-hydrogen) atoms. The summed E-state index contributed by atoms with van der Waals surface area (Å²) < 4.78 is 7.36. The SMILES string of the molecule is O=C(Cn1nnc2ccccc21)Nc1cccc(Oc2ccccc2)c1. The van der Waals surface area contributed by atoms with Crippen LogP contribution in [-0.4, -0.2) is 20.9 Å². The molecule has 4 aromatic rings. The number of para-hydroxylation sites is 2. The average molecular weight is 344 g/mol. The fourth-order valence-corrected chi connectivity index (χ4v) is 2.63. The maximum Gasteiger partial charge on any atom is 0.246 e. The summed E-state index contributed by atoms with van der Waals surface area (Å²) in [5.74, 6) is 1.21. The number of aromatic nitrogens is 3. The van der Waals surface area contributed by atoms with Gasteiger partial charge in [0.1, 0.15) is 23.6 Å². The molecule has 0 bridgehead atoms. The molecule has 0 unspecified atom stereocenters. The molecule has 128 valence electrons. The minimum absolute atomic E-state index is 0.0876. The van der Waals surface area contributed by atoms with Gasteiger partial charge in [0.15, 0.2) is 0 Å². The third-order valence-corrected chi connectivity index (χ3v) is 3.81. The molecule has 0 radical (unpaired) electrons. The Morgan fingerprint density at radius 1 is 0.923 bits per heavy atom. The first-order valence-electron chi connectivity index (χ1n) is 8.19. The van der Waals surface area contributed by atoms with Gasteiger partial charge < -0.3 is 10.1 Å². The van der Waals surface area contributed by atoms with Crippen LogP contribution in [0, 0.1) is 0 Å². The molecule has 0 spiro atoms. The molecule has 1 heterocycles. The first kappa shape index (κ1) is 15.8. The average Bonchev–Trinajstić information content (AvgIpc) is 3.06. The molecular formula is C20H16N4O2. The van der Waals surface area contributed by atoms with Gasteiger partial charge in [0.05, 0.1) is 5.52 Å². The van der Waals surface area contributed by atoms with Gasteiger partial charge >= 0.3 is 0 Å². The smallest absolute Gasteiger partial charge is 0.246 e. The zero-order valence-corrected chi connectivity index (χ0v) is 13.9. The van der Waals surface area contributed by atoms with Gasteiger partial charge in [-0.3, -0.25) is 4.79 Å². The van der Waals surface area contributed by atoms with E-state index >= 15 is 0 Å². The van der Waals surface area contributed by atoms with E-state index in [4.69, 9.17) is 4.74 Å². The highest BCUT2D eigenvalue weighted by Gasteiger charge is 2.09. The van der Waals surface area contributed by atoms with E-state index < -0.39 is 0 Å². The third-order valence-electron chi connectivity index (χ3n) is 3.81. The zero-order chi connectivity index (χ0) is 17.8. The van der Waals surface area contributed by atoms with Crippen LogP contribution in [0.15, 0.2) is 78.9 Å². The summed E-state index contributed by atoms with van der Waals surface area (Å²) in [6, 6.07) is 24.3. The van der Waals surface area contributed by atoms with Crippen molar-refractivity contribution in [1.82, 2.24) is 15.0 Å². The predicted molar refractivity (Wildman–Crippen MR) is 99.1 cm³/mol. The summed E-state index contributed by atoms with van der Waals surface area (Å²) in [5, 5.41) is 10.9. The molecule has 6 nitrogen and oxygen atoms in total. The van der Waals surface area contributed by atoms with Crippen molar-refractivity contribution in [2.45, 2.75) is 6.54 Å². The van der Waals surface area contributed by atoms with Crippen LogP contribution in [0.2, 0.25) is 0 Å². The van der Waals surface area contributed by atoms with Crippen LogP contribution in [-0.2, 0) is 11.3 Å². The van der Waals surface area contributed by atoms with Crippen LogP contribution in [0.4, 0.5) is 5.69 Å². The molecule has 0 saturated heterocycles. The number of ether oxygens (including phenoxy) is 1. The third kappa shape index (κ3) is 3.54. The number of carbonyl (C=O) groups excluding carboxylic acids is 1. The van der Waals surface area contributed by atoms with E-state index in [0.29, 0.717) is 11.4 Å². The van der Waals surface area contributed by atoms with Crippen LogP contribution in [0.1, 0.15) is 0 Å². The topological polar surface area (TPSA) is 69.0 Å². The van der Waals surface area contributed by atoms with Gasteiger partial charge in [-0.1, -0.05) is 41.6 Å². The first-order valence-corrected chi connectivity index (χ1v) is 8.19. The Morgan fingerprint density at radius 3 is 2.58 bits per heavy atom. The molecule has 4 rings (SSSR count). The van der Waals surface area contributed by atoms with Gasteiger partial charge in [0.25, 0.3) is 0 Å². The number of nitrogens with zero attached hydrogens (tertiary/aromatic N) is 3. The number of hydrogen-bond donors (Lipinski definition) is 1. The second-order valence-electron chi connectivity index (χ2n) is 5.73. The van der Waals surface area contributed by atoms with Gasteiger partial charge in [0.2, 0.25) is 5.91 Å². The fraction of sp³-hybridized carbons (Fsp3) is 0.0500. The van der Waals surface area contributed by atoms with Crippen LogP contribution in [0.25, 0.3) is 11.0 Å². The van der Waals surface area contributed by atoms with E-state index in [1.165, 1.54) is 0 Å². The van der Waals surface area contributed by atoms with Crippen molar-refractivity contribution >= 4 is 22.6 Å². The summed E-state index contributed by atoms with van der Waals surface area (Å²) >= 11 is 0. The van der Waals surface area contributed by atoms with Crippen LogP contribution in [0.5, 0.6) is 11.5 Å². The number of fused-ring (bicyclic) bond motifs is 1. The molecule has 0 aliphatic carbocycles. The van der Waals surface area contributed by atoms with Gasteiger partial charge in [-0.25, -0.2) is 4.68 Å². The highest BCUT2D eigenvalue weighted by atomic mass is 16.5. The number of carbonyl (C=O) groups is 1. The molecule has 1 amide bonds. The van der Waals surface area contributed by atoms with Gasteiger partial charge in [-0.05, 0) is 36.4 Å². The molecule has 1 aromatic heterocycles. The number of amides is 1. The van der Waals surface area contributed by atoms with E-state index in [9.17, 15) is 4.79 Å². The predicted octanol–water partition coefficient (Wildman–Crippen LogP) is 3.86. The maximum absolute atomic E-state index is 12.4. The molecule has 0 aliphatic heterocycles. The minimum atomic E-state index is -0.183. The molecule has 0 aliphatic rings. The Hall–Kier alpha value is -3.67. The van der Waals surface area contributed by atoms with Gasteiger partial charge in [-0.2, -0.15) is 0 Å². The lowest BCUT2D eigenvalue weighted by Crippen LogP contribution is -2.19. The lowest BCUT2D eigenvalue weighted by atomic mass is 10.3.